The van der Waals surface area contributed by atoms with E-state index in [9.17, 15) is 0 Å². The standard InChI is InChI=1S/C14H19NO3/c1-16-10-3-4-11-12(15)8-14(18-13(11)7-10)5-2-6-17-9-14/h3-4,7,12H,2,5-6,8-9,15H2,1H3/t12-,14?/m1/s1. The molecule has 98 valence electrons. The predicted molar refractivity (Wildman–Crippen MR) is 68.0 cm³/mol. The van der Waals surface area contributed by atoms with Crippen molar-refractivity contribution < 1.29 is 14.2 Å². The molecule has 3 rings (SSSR count). The molecule has 2 N–H and O–H groups in total. The average Bonchev–Trinajstić information content (AvgIpc) is 2.38. The predicted octanol–water partition coefficient (Wildman–Crippen LogP) is 2.03. The summed E-state index contributed by atoms with van der Waals surface area (Å²) in [7, 11) is 1.66. The first kappa shape index (κ1) is 11.8. The molecule has 1 spiro atoms. The fourth-order valence-electron chi connectivity index (χ4n) is 2.89. The lowest BCUT2D eigenvalue weighted by atomic mass is 9.84. The fraction of sp³-hybridized carbons (Fsp3) is 0.571. The Hall–Kier alpha value is -1.26. The number of benzene rings is 1. The van der Waals surface area contributed by atoms with E-state index in [0.717, 1.165) is 42.9 Å². The lowest BCUT2D eigenvalue weighted by Gasteiger charge is -2.43. The van der Waals surface area contributed by atoms with Crippen molar-refractivity contribution in [2.75, 3.05) is 20.3 Å². The average molecular weight is 249 g/mol. The van der Waals surface area contributed by atoms with Gasteiger partial charge in [-0.3, -0.25) is 0 Å². The molecule has 0 saturated carbocycles. The topological polar surface area (TPSA) is 53.7 Å². The molecule has 2 heterocycles. The number of fused-ring (bicyclic) bond motifs is 1. The Bertz CT molecular complexity index is 441. The van der Waals surface area contributed by atoms with E-state index < -0.39 is 0 Å². The molecule has 4 nitrogen and oxygen atoms in total. The number of ether oxygens (including phenoxy) is 3. The second-order valence-corrected chi connectivity index (χ2v) is 5.16. The van der Waals surface area contributed by atoms with Crippen molar-refractivity contribution in [3.8, 4) is 11.5 Å². The molecule has 1 unspecified atom stereocenters. The first-order chi connectivity index (χ1) is 8.72. The molecule has 1 aromatic rings. The molecule has 0 radical (unpaired) electrons. The van der Waals surface area contributed by atoms with Crippen molar-refractivity contribution in [3.63, 3.8) is 0 Å². The molecule has 1 fully saturated rings. The van der Waals surface area contributed by atoms with Gasteiger partial charge in [0, 0.05) is 30.7 Å². The third kappa shape index (κ3) is 1.95. The van der Waals surface area contributed by atoms with Crippen molar-refractivity contribution in [1.82, 2.24) is 0 Å². The summed E-state index contributed by atoms with van der Waals surface area (Å²) in [6.07, 6.45) is 2.87. The van der Waals surface area contributed by atoms with Crippen LogP contribution in [0.1, 0.15) is 30.9 Å². The molecule has 2 atom stereocenters. The van der Waals surface area contributed by atoms with E-state index in [0.29, 0.717) is 6.61 Å². The van der Waals surface area contributed by atoms with Crippen LogP contribution in [0.2, 0.25) is 0 Å². The van der Waals surface area contributed by atoms with Gasteiger partial charge < -0.3 is 19.9 Å². The van der Waals surface area contributed by atoms with Gasteiger partial charge in [-0.1, -0.05) is 6.07 Å². The van der Waals surface area contributed by atoms with Crippen LogP contribution in [0.5, 0.6) is 11.5 Å². The van der Waals surface area contributed by atoms with E-state index in [-0.39, 0.29) is 11.6 Å². The van der Waals surface area contributed by atoms with Crippen LogP contribution in [-0.2, 0) is 4.74 Å². The molecule has 1 saturated heterocycles. The Morgan fingerprint density at radius 1 is 1.44 bits per heavy atom. The molecule has 0 aliphatic carbocycles. The monoisotopic (exact) mass is 249 g/mol. The van der Waals surface area contributed by atoms with E-state index in [1.807, 2.05) is 18.2 Å². The first-order valence-corrected chi connectivity index (χ1v) is 6.43. The maximum absolute atomic E-state index is 6.27. The largest absolute Gasteiger partial charge is 0.497 e. The Morgan fingerprint density at radius 3 is 3.06 bits per heavy atom. The minimum atomic E-state index is -0.239. The third-order valence-corrected chi connectivity index (χ3v) is 3.82. The van der Waals surface area contributed by atoms with E-state index in [2.05, 4.69) is 0 Å². The second-order valence-electron chi connectivity index (χ2n) is 5.16. The van der Waals surface area contributed by atoms with Gasteiger partial charge in [-0.25, -0.2) is 0 Å². The molecule has 4 heteroatoms. The summed E-state index contributed by atoms with van der Waals surface area (Å²) in [5.41, 5.74) is 7.09. The van der Waals surface area contributed by atoms with Crippen molar-refractivity contribution in [2.24, 2.45) is 5.73 Å². The summed E-state index contributed by atoms with van der Waals surface area (Å²) in [6.45, 7) is 1.46. The SMILES string of the molecule is COc1ccc2c(c1)OC1(CCCOC1)C[C@H]2N. The number of hydrogen-bond acceptors (Lipinski definition) is 4. The normalized spacial score (nSPS) is 30.7. The van der Waals surface area contributed by atoms with E-state index in [4.69, 9.17) is 19.9 Å². The van der Waals surface area contributed by atoms with Crippen LogP contribution in [0.15, 0.2) is 18.2 Å². The van der Waals surface area contributed by atoms with Crippen molar-refractivity contribution in [1.29, 1.82) is 0 Å². The summed E-state index contributed by atoms with van der Waals surface area (Å²) in [6, 6.07) is 5.86. The first-order valence-electron chi connectivity index (χ1n) is 6.43. The second kappa shape index (κ2) is 4.44. The lowest BCUT2D eigenvalue weighted by Crippen LogP contribution is -2.49. The van der Waals surface area contributed by atoms with E-state index in [1.165, 1.54) is 0 Å². The van der Waals surface area contributed by atoms with Crippen molar-refractivity contribution in [3.05, 3.63) is 23.8 Å². The Labute approximate surface area is 107 Å². The molecular weight excluding hydrogens is 230 g/mol. The number of methoxy groups -OCH3 is 1. The van der Waals surface area contributed by atoms with Crippen LogP contribution in [0.25, 0.3) is 0 Å². The van der Waals surface area contributed by atoms with Gasteiger partial charge in [-0.05, 0) is 18.9 Å². The Kier molecular flexibility index (Phi) is 2.92. The maximum Gasteiger partial charge on any atom is 0.134 e. The van der Waals surface area contributed by atoms with Gasteiger partial charge in [0.15, 0.2) is 0 Å². The summed E-state index contributed by atoms with van der Waals surface area (Å²) in [5, 5.41) is 0. The van der Waals surface area contributed by atoms with E-state index in [1.54, 1.807) is 7.11 Å². The molecule has 18 heavy (non-hydrogen) atoms. The van der Waals surface area contributed by atoms with E-state index >= 15 is 0 Å². The highest BCUT2D eigenvalue weighted by Gasteiger charge is 2.41. The van der Waals surface area contributed by atoms with Crippen LogP contribution < -0.4 is 15.2 Å². The van der Waals surface area contributed by atoms with Crippen molar-refractivity contribution >= 4 is 0 Å². The lowest BCUT2D eigenvalue weighted by molar-refractivity contribution is -0.0833. The van der Waals surface area contributed by atoms with Crippen LogP contribution >= 0.6 is 0 Å². The fourth-order valence-corrected chi connectivity index (χ4v) is 2.89. The summed E-state index contributed by atoms with van der Waals surface area (Å²) in [4.78, 5) is 0. The Balaban J connectivity index is 1.94. The minimum absolute atomic E-state index is 0.0151. The van der Waals surface area contributed by atoms with Gasteiger partial charge in [-0.2, -0.15) is 0 Å². The highest BCUT2D eigenvalue weighted by atomic mass is 16.5. The number of rotatable bonds is 1. The summed E-state index contributed by atoms with van der Waals surface area (Å²) in [5.74, 6) is 1.65. The Morgan fingerprint density at radius 2 is 2.33 bits per heavy atom. The zero-order valence-corrected chi connectivity index (χ0v) is 10.6. The van der Waals surface area contributed by atoms with Gasteiger partial charge in [0.05, 0.1) is 13.7 Å². The minimum Gasteiger partial charge on any atom is -0.497 e. The van der Waals surface area contributed by atoms with Gasteiger partial charge >= 0.3 is 0 Å². The van der Waals surface area contributed by atoms with Crippen LogP contribution in [0.3, 0.4) is 0 Å². The van der Waals surface area contributed by atoms with Gasteiger partial charge in [0.25, 0.3) is 0 Å². The molecule has 2 aliphatic heterocycles. The van der Waals surface area contributed by atoms with Crippen LogP contribution in [0.4, 0.5) is 0 Å². The van der Waals surface area contributed by atoms with Gasteiger partial charge in [0.2, 0.25) is 0 Å². The van der Waals surface area contributed by atoms with Crippen LogP contribution in [0, 0.1) is 0 Å². The molecule has 0 amide bonds. The summed E-state index contributed by atoms with van der Waals surface area (Å²) >= 11 is 0. The number of nitrogens with two attached hydrogens (primary N) is 1. The molecule has 0 bridgehead atoms. The quantitative estimate of drug-likeness (QED) is 0.827. The van der Waals surface area contributed by atoms with Crippen molar-refractivity contribution in [2.45, 2.75) is 30.9 Å². The molecule has 1 aromatic carbocycles. The highest BCUT2D eigenvalue weighted by molar-refractivity contribution is 5.44. The zero-order valence-electron chi connectivity index (χ0n) is 10.6. The smallest absolute Gasteiger partial charge is 0.134 e. The number of hydrogen-bond donors (Lipinski definition) is 1. The highest BCUT2D eigenvalue weighted by Crippen LogP contribution is 2.43. The zero-order chi connectivity index (χ0) is 12.6. The van der Waals surface area contributed by atoms with Gasteiger partial charge in [-0.15, -0.1) is 0 Å². The molecular formula is C14H19NO3. The maximum atomic E-state index is 6.27. The molecule has 0 aromatic heterocycles. The third-order valence-electron chi connectivity index (χ3n) is 3.82. The molecule has 2 aliphatic rings. The summed E-state index contributed by atoms with van der Waals surface area (Å²) < 4.78 is 17.0. The van der Waals surface area contributed by atoms with Gasteiger partial charge in [0.1, 0.15) is 17.1 Å². The van der Waals surface area contributed by atoms with Crippen LogP contribution in [-0.4, -0.2) is 25.9 Å².